The summed E-state index contributed by atoms with van der Waals surface area (Å²) in [5.74, 6) is 1.06. The van der Waals surface area contributed by atoms with Crippen LogP contribution in [0, 0.1) is 6.92 Å². The molecule has 0 radical (unpaired) electrons. The van der Waals surface area contributed by atoms with Gasteiger partial charge >= 0.3 is 0 Å². The van der Waals surface area contributed by atoms with Gasteiger partial charge in [0, 0.05) is 11.1 Å². The Kier molecular flexibility index (Phi) is 2.34. The van der Waals surface area contributed by atoms with Crippen LogP contribution in [0.2, 0.25) is 0 Å². The van der Waals surface area contributed by atoms with Gasteiger partial charge in [-0.15, -0.1) is 0 Å². The molecule has 2 heteroatoms. The lowest BCUT2D eigenvalue weighted by atomic mass is 10.0. The van der Waals surface area contributed by atoms with Crippen molar-refractivity contribution in [3.8, 4) is 11.4 Å². The SMILES string of the molecule is Cc1cc2c3c(c1)nc(-c1ccccc1)n3C(C)C=C2. The highest BCUT2D eigenvalue weighted by molar-refractivity contribution is 5.90. The number of benzene rings is 2. The molecule has 0 bridgehead atoms. The first-order valence-corrected chi connectivity index (χ1v) is 7.00. The number of aromatic nitrogens is 2. The van der Waals surface area contributed by atoms with Gasteiger partial charge in [0.05, 0.1) is 17.1 Å². The van der Waals surface area contributed by atoms with Gasteiger partial charge in [0.25, 0.3) is 0 Å². The van der Waals surface area contributed by atoms with E-state index in [0.29, 0.717) is 6.04 Å². The van der Waals surface area contributed by atoms with Crippen LogP contribution in [0.5, 0.6) is 0 Å². The molecule has 1 atom stereocenters. The van der Waals surface area contributed by atoms with E-state index in [1.165, 1.54) is 22.2 Å². The fourth-order valence-corrected chi connectivity index (χ4v) is 3.05. The molecule has 2 nitrogen and oxygen atoms in total. The minimum absolute atomic E-state index is 0.338. The van der Waals surface area contributed by atoms with E-state index < -0.39 is 0 Å². The third-order valence-corrected chi connectivity index (χ3v) is 3.95. The van der Waals surface area contributed by atoms with Crippen LogP contribution < -0.4 is 0 Å². The van der Waals surface area contributed by atoms with E-state index in [0.717, 1.165) is 11.3 Å². The summed E-state index contributed by atoms with van der Waals surface area (Å²) in [6.07, 6.45) is 4.46. The summed E-state index contributed by atoms with van der Waals surface area (Å²) in [6.45, 7) is 4.34. The van der Waals surface area contributed by atoms with Crippen LogP contribution in [-0.4, -0.2) is 9.55 Å². The van der Waals surface area contributed by atoms with E-state index in [4.69, 9.17) is 4.98 Å². The Morgan fingerprint density at radius 1 is 1.10 bits per heavy atom. The molecular weight excluding hydrogens is 244 g/mol. The molecule has 2 aromatic carbocycles. The van der Waals surface area contributed by atoms with Crippen LogP contribution >= 0.6 is 0 Å². The number of aryl methyl sites for hydroxylation is 1. The van der Waals surface area contributed by atoms with Gasteiger partial charge in [0.15, 0.2) is 0 Å². The zero-order chi connectivity index (χ0) is 13.7. The van der Waals surface area contributed by atoms with E-state index in [2.05, 4.69) is 67.0 Å². The molecular formula is C18H16N2. The third kappa shape index (κ3) is 1.54. The molecule has 98 valence electrons. The molecule has 0 fully saturated rings. The van der Waals surface area contributed by atoms with Gasteiger partial charge in [-0.1, -0.05) is 42.5 Å². The van der Waals surface area contributed by atoms with Gasteiger partial charge in [-0.3, -0.25) is 0 Å². The number of nitrogens with zero attached hydrogens (tertiary/aromatic N) is 2. The molecule has 0 aliphatic carbocycles. The van der Waals surface area contributed by atoms with Crippen molar-refractivity contribution in [2.24, 2.45) is 0 Å². The van der Waals surface area contributed by atoms with Crippen molar-refractivity contribution in [3.05, 3.63) is 59.7 Å². The normalized spacial score (nSPS) is 16.8. The molecule has 1 aromatic heterocycles. The fraction of sp³-hybridized carbons (Fsp3) is 0.167. The van der Waals surface area contributed by atoms with E-state index >= 15 is 0 Å². The summed E-state index contributed by atoms with van der Waals surface area (Å²) in [4.78, 5) is 4.89. The molecule has 0 saturated heterocycles. The molecule has 0 spiro atoms. The number of hydrogen-bond donors (Lipinski definition) is 0. The van der Waals surface area contributed by atoms with E-state index in [1.807, 2.05) is 6.07 Å². The van der Waals surface area contributed by atoms with Gasteiger partial charge < -0.3 is 4.57 Å². The van der Waals surface area contributed by atoms with Gasteiger partial charge in [0.2, 0.25) is 0 Å². The zero-order valence-electron chi connectivity index (χ0n) is 11.7. The standard InChI is InChI=1S/C18H16N2/c1-12-10-15-9-8-13(2)20-17(15)16(11-12)19-18(20)14-6-4-3-5-7-14/h3-11,13H,1-2H3. The predicted molar refractivity (Wildman–Crippen MR) is 83.7 cm³/mol. The van der Waals surface area contributed by atoms with Gasteiger partial charge in [-0.05, 0) is 31.5 Å². The second kappa shape index (κ2) is 4.07. The number of rotatable bonds is 1. The van der Waals surface area contributed by atoms with Crippen molar-refractivity contribution in [2.75, 3.05) is 0 Å². The maximum Gasteiger partial charge on any atom is 0.141 e. The molecule has 0 N–H and O–H groups in total. The Bertz CT molecular complexity index is 825. The third-order valence-electron chi connectivity index (χ3n) is 3.95. The highest BCUT2D eigenvalue weighted by Gasteiger charge is 2.20. The quantitative estimate of drug-likeness (QED) is 0.625. The maximum absolute atomic E-state index is 4.89. The lowest BCUT2D eigenvalue weighted by molar-refractivity contribution is 0.686. The first kappa shape index (κ1) is 11.5. The Labute approximate surface area is 118 Å². The van der Waals surface area contributed by atoms with E-state index in [-0.39, 0.29) is 0 Å². The summed E-state index contributed by atoms with van der Waals surface area (Å²) in [5, 5.41) is 0. The molecule has 20 heavy (non-hydrogen) atoms. The van der Waals surface area contributed by atoms with Crippen LogP contribution in [0.25, 0.3) is 28.5 Å². The Hall–Kier alpha value is -2.35. The number of allylic oxidation sites excluding steroid dienone is 1. The van der Waals surface area contributed by atoms with Crippen molar-refractivity contribution in [1.29, 1.82) is 0 Å². The fourth-order valence-electron chi connectivity index (χ4n) is 3.05. The van der Waals surface area contributed by atoms with Crippen LogP contribution in [0.4, 0.5) is 0 Å². The average Bonchev–Trinajstić information content (AvgIpc) is 2.84. The molecule has 1 unspecified atom stereocenters. The predicted octanol–water partition coefficient (Wildman–Crippen LogP) is 4.60. The summed E-state index contributed by atoms with van der Waals surface area (Å²) in [6, 6.07) is 15.2. The highest BCUT2D eigenvalue weighted by atomic mass is 15.1. The lowest BCUT2D eigenvalue weighted by Crippen LogP contribution is -2.08. The Balaban J connectivity index is 2.11. The van der Waals surface area contributed by atoms with Gasteiger partial charge in [-0.2, -0.15) is 0 Å². The van der Waals surface area contributed by atoms with Gasteiger partial charge in [0.1, 0.15) is 5.82 Å². The molecule has 1 aliphatic rings. The van der Waals surface area contributed by atoms with Crippen molar-refractivity contribution in [2.45, 2.75) is 19.9 Å². The summed E-state index contributed by atoms with van der Waals surface area (Å²) >= 11 is 0. The van der Waals surface area contributed by atoms with Crippen LogP contribution in [0.3, 0.4) is 0 Å². The Morgan fingerprint density at radius 2 is 1.90 bits per heavy atom. The topological polar surface area (TPSA) is 17.8 Å². The zero-order valence-corrected chi connectivity index (χ0v) is 11.7. The molecule has 0 amide bonds. The van der Waals surface area contributed by atoms with E-state index in [9.17, 15) is 0 Å². The second-order valence-electron chi connectivity index (χ2n) is 5.49. The molecule has 4 rings (SSSR count). The first-order valence-electron chi connectivity index (χ1n) is 7.00. The molecule has 0 saturated carbocycles. The Morgan fingerprint density at radius 3 is 2.70 bits per heavy atom. The van der Waals surface area contributed by atoms with Crippen molar-refractivity contribution >= 4 is 17.1 Å². The summed E-state index contributed by atoms with van der Waals surface area (Å²) in [5.41, 5.74) is 6.05. The summed E-state index contributed by atoms with van der Waals surface area (Å²) < 4.78 is 2.35. The van der Waals surface area contributed by atoms with Crippen molar-refractivity contribution < 1.29 is 0 Å². The largest absolute Gasteiger partial charge is 0.317 e. The maximum atomic E-state index is 4.89. The van der Waals surface area contributed by atoms with E-state index in [1.54, 1.807) is 0 Å². The number of imidazole rings is 1. The average molecular weight is 260 g/mol. The molecule has 2 heterocycles. The molecule has 1 aliphatic heterocycles. The highest BCUT2D eigenvalue weighted by Crippen LogP contribution is 2.35. The number of hydrogen-bond acceptors (Lipinski definition) is 1. The van der Waals surface area contributed by atoms with Crippen molar-refractivity contribution in [3.63, 3.8) is 0 Å². The molecule has 3 aromatic rings. The van der Waals surface area contributed by atoms with Crippen LogP contribution in [-0.2, 0) is 0 Å². The minimum atomic E-state index is 0.338. The lowest BCUT2D eigenvalue weighted by Gasteiger charge is -2.19. The van der Waals surface area contributed by atoms with Crippen molar-refractivity contribution in [1.82, 2.24) is 9.55 Å². The van der Waals surface area contributed by atoms with Gasteiger partial charge in [-0.25, -0.2) is 4.98 Å². The minimum Gasteiger partial charge on any atom is -0.317 e. The second-order valence-corrected chi connectivity index (χ2v) is 5.49. The van der Waals surface area contributed by atoms with Crippen LogP contribution in [0.1, 0.15) is 24.1 Å². The first-order chi connectivity index (χ1) is 9.74. The summed E-state index contributed by atoms with van der Waals surface area (Å²) in [7, 11) is 0. The monoisotopic (exact) mass is 260 g/mol. The van der Waals surface area contributed by atoms with Crippen LogP contribution in [0.15, 0.2) is 48.5 Å². The smallest absolute Gasteiger partial charge is 0.141 e.